The van der Waals surface area contributed by atoms with Gasteiger partial charge in [-0.15, -0.1) is 0 Å². The van der Waals surface area contributed by atoms with E-state index in [-0.39, 0.29) is 6.03 Å². The summed E-state index contributed by atoms with van der Waals surface area (Å²) in [7, 11) is 3.35. The third-order valence-corrected chi connectivity index (χ3v) is 1.80. The van der Waals surface area contributed by atoms with Gasteiger partial charge in [-0.1, -0.05) is 30.3 Å². The van der Waals surface area contributed by atoms with Crippen molar-refractivity contribution in [2.75, 3.05) is 20.6 Å². The predicted octanol–water partition coefficient (Wildman–Crippen LogP) is 1.50. The SMILES string of the molecule is [2H]C(CNC(=O)N(C)C)c1ccccc1. The second-order valence-corrected chi connectivity index (χ2v) is 3.20. The molecule has 0 aliphatic heterocycles. The molecule has 0 saturated heterocycles. The standard InChI is InChI=1S/C11H16N2O/c1-13(2)11(14)12-9-8-10-6-4-3-5-7-10/h3-7H,8-9H2,1-2H3,(H,12,14)/i8D. The quantitative estimate of drug-likeness (QED) is 0.775. The highest BCUT2D eigenvalue weighted by atomic mass is 16.2. The van der Waals surface area contributed by atoms with Crippen molar-refractivity contribution in [3.63, 3.8) is 0 Å². The van der Waals surface area contributed by atoms with E-state index in [9.17, 15) is 4.79 Å². The minimum atomic E-state index is -0.407. The number of nitrogens with zero attached hydrogens (tertiary/aromatic N) is 1. The summed E-state index contributed by atoms with van der Waals surface area (Å²) in [6, 6.07) is 9.31. The summed E-state index contributed by atoms with van der Waals surface area (Å²) in [4.78, 5) is 12.7. The Bertz CT molecular complexity index is 314. The monoisotopic (exact) mass is 193 g/mol. The van der Waals surface area contributed by atoms with Crippen LogP contribution in [0.4, 0.5) is 4.79 Å². The minimum Gasteiger partial charge on any atom is -0.338 e. The van der Waals surface area contributed by atoms with E-state index < -0.39 is 6.40 Å². The summed E-state index contributed by atoms with van der Waals surface area (Å²) in [5, 5.41) is 2.68. The molecule has 1 aromatic carbocycles. The van der Waals surface area contributed by atoms with Crippen molar-refractivity contribution in [3.05, 3.63) is 35.9 Å². The van der Waals surface area contributed by atoms with Crippen molar-refractivity contribution in [1.29, 1.82) is 0 Å². The molecule has 0 aromatic heterocycles. The maximum Gasteiger partial charge on any atom is 0.316 e. The number of carbonyl (C=O) groups excluding carboxylic acids is 1. The maximum atomic E-state index is 11.2. The first kappa shape index (κ1) is 9.06. The summed E-state index contributed by atoms with van der Waals surface area (Å²) in [6.45, 7) is 0.334. The topological polar surface area (TPSA) is 32.3 Å². The first-order chi connectivity index (χ1) is 7.11. The molecule has 0 saturated carbocycles. The number of hydrogen-bond acceptors (Lipinski definition) is 1. The lowest BCUT2D eigenvalue weighted by atomic mass is 10.1. The van der Waals surface area contributed by atoms with Gasteiger partial charge in [-0.2, -0.15) is 0 Å². The number of urea groups is 1. The zero-order valence-corrected chi connectivity index (χ0v) is 8.53. The van der Waals surface area contributed by atoms with E-state index in [2.05, 4.69) is 5.32 Å². The molecule has 2 amide bonds. The fraction of sp³-hybridized carbons (Fsp3) is 0.364. The van der Waals surface area contributed by atoms with Crippen molar-refractivity contribution >= 4 is 6.03 Å². The molecule has 0 bridgehead atoms. The molecule has 0 radical (unpaired) electrons. The Morgan fingerprint density at radius 1 is 1.43 bits per heavy atom. The van der Waals surface area contributed by atoms with Crippen molar-refractivity contribution in [2.45, 2.75) is 6.40 Å². The highest BCUT2D eigenvalue weighted by Gasteiger charge is 2.00. The average Bonchev–Trinajstić information content (AvgIpc) is 2.26. The number of amides is 2. The van der Waals surface area contributed by atoms with Gasteiger partial charge in [-0.05, 0) is 12.0 Å². The Balaban J connectivity index is 2.44. The molecule has 0 aliphatic carbocycles. The van der Waals surface area contributed by atoms with Gasteiger partial charge in [-0.3, -0.25) is 0 Å². The van der Waals surface area contributed by atoms with E-state index in [1.54, 1.807) is 14.1 Å². The summed E-state index contributed by atoms with van der Waals surface area (Å²) in [5.74, 6) is 0. The third-order valence-electron chi connectivity index (χ3n) is 1.80. The Morgan fingerprint density at radius 2 is 2.07 bits per heavy atom. The van der Waals surface area contributed by atoms with Crippen LogP contribution < -0.4 is 5.32 Å². The van der Waals surface area contributed by atoms with Gasteiger partial charge in [0.25, 0.3) is 0 Å². The van der Waals surface area contributed by atoms with E-state index in [1.165, 1.54) is 4.90 Å². The number of benzene rings is 1. The van der Waals surface area contributed by atoms with Gasteiger partial charge in [0.1, 0.15) is 0 Å². The lowest BCUT2D eigenvalue weighted by Gasteiger charge is -2.11. The molecule has 3 nitrogen and oxygen atoms in total. The second-order valence-electron chi connectivity index (χ2n) is 3.20. The van der Waals surface area contributed by atoms with Gasteiger partial charge in [0, 0.05) is 22.0 Å². The molecule has 0 heterocycles. The van der Waals surface area contributed by atoms with Crippen LogP contribution in [0.25, 0.3) is 0 Å². The van der Waals surface area contributed by atoms with Crippen molar-refractivity contribution in [2.24, 2.45) is 0 Å². The number of hydrogen-bond donors (Lipinski definition) is 1. The van der Waals surface area contributed by atoms with Crippen LogP contribution in [0.1, 0.15) is 6.93 Å². The zero-order valence-electron chi connectivity index (χ0n) is 9.53. The molecule has 14 heavy (non-hydrogen) atoms. The fourth-order valence-corrected chi connectivity index (χ4v) is 1.00. The summed E-state index contributed by atoms with van der Waals surface area (Å²) < 4.78 is 7.81. The van der Waals surface area contributed by atoms with Crippen molar-refractivity contribution in [1.82, 2.24) is 10.2 Å². The smallest absolute Gasteiger partial charge is 0.316 e. The van der Waals surface area contributed by atoms with E-state index in [4.69, 9.17) is 1.37 Å². The van der Waals surface area contributed by atoms with Gasteiger partial charge >= 0.3 is 6.03 Å². The molecule has 1 aromatic rings. The average molecular weight is 193 g/mol. The first-order valence-corrected chi connectivity index (χ1v) is 4.53. The van der Waals surface area contributed by atoms with Crippen LogP contribution >= 0.6 is 0 Å². The summed E-state index contributed by atoms with van der Waals surface area (Å²) >= 11 is 0. The number of carbonyl (C=O) groups is 1. The Labute approximate surface area is 86.1 Å². The predicted molar refractivity (Wildman–Crippen MR) is 57.2 cm³/mol. The van der Waals surface area contributed by atoms with Gasteiger partial charge in [-0.25, -0.2) is 4.79 Å². The molecule has 0 aliphatic rings. The normalized spacial score (nSPS) is 12.9. The molecule has 1 atom stereocenters. The van der Waals surface area contributed by atoms with E-state index >= 15 is 0 Å². The first-order valence-electron chi connectivity index (χ1n) is 5.11. The van der Waals surface area contributed by atoms with Crippen LogP contribution in [0.3, 0.4) is 0 Å². The third kappa shape index (κ3) is 3.47. The van der Waals surface area contributed by atoms with Gasteiger partial charge in [0.2, 0.25) is 0 Å². The highest BCUT2D eigenvalue weighted by Crippen LogP contribution is 1.98. The van der Waals surface area contributed by atoms with Crippen LogP contribution in [0.15, 0.2) is 30.3 Å². The largest absolute Gasteiger partial charge is 0.338 e. The van der Waals surface area contributed by atoms with E-state index in [1.807, 2.05) is 30.3 Å². The summed E-state index contributed by atoms with van der Waals surface area (Å²) in [5.41, 5.74) is 0.913. The zero-order chi connectivity index (χ0) is 11.3. The van der Waals surface area contributed by atoms with Crippen LogP contribution in [0.2, 0.25) is 0 Å². The fourth-order valence-electron chi connectivity index (χ4n) is 1.00. The molecule has 1 unspecified atom stereocenters. The number of nitrogens with one attached hydrogen (secondary N) is 1. The van der Waals surface area contributed by atoms with Crippen molar-refractivity contribution < 1.29 is 6.17 Å². The van der Waals surface area contributed by atoms with E-state index in [0.717, 1.165) is 5.56 Å². The molecular weight excluding hydrogens is 176 g/mol. The lowest BCUT2D eigenvalue weighted by molar-refractivity contribution is 0.217. The van der Waals surface area contributed by atoms with Gasteiger partial charge in [0.05, 0.1) is 0 Å². The van der Waals surface area contributed by atoms with Gasteiger partial charge in [0.15, 0.2) is 0 Å². The van der Waals surface area contributed by atoms with Crippen LogP contribution in [-0.4, -0.2) is 31.6 Å². The Hall–Kier alpha value is -1.51. The lowest BCUT2D eigenvalue weighted by Crippen LogP contribution is -2.35. The Kier molecular flexibility index (Phi) is 3.41. The minimum absolute atomic E-state index is 0.164. The van der Waals surface area contributed by atoms with E-state index in [0.29, 0.717) is 6.54 Å². The van der Waals surface area contributed by atoms with Crippen LogP contribution in [0, 0.1) is 0 Å². The summed E-state index contributed by atoms with van der Waals surface area (Å²) in [6.07, 6.45) is -0.407. The maximum absolute atomic E-state index is 11.2. The Morgan fingerprint density at radius 3 is 2.64 bits per heavy atom. The molecule has 1 N–H and O–H groups in total. The highest BCUT2D eigenvalue weighted by molar-refractivity contribution is 5.73. The molecule has 76 valence electrons. The van der Waals surface area contributed by atoms with Gasteiger partial charge < -0.3 is 10.2 Å². The second kappa shape index (κ2) is 5.27. The molecular formula is C11H16N2O. The number of rotatable bonds is 3. The molecule has 3 heteroatoms. The van der Waals surface area contributed by atoms with Crippen LogP contribution in [-0.2, 0) is 6.40 Å². The van der Waals surface area contributed by atoms with Crippen LogP contribution in [0.5, 0.6) is 0 Å². The van der Waals surface area contributed by atoms with Crippen molar-refractivity contribution in [3.8, 4) is 0 Å². The molecule has 0 spiro atoms. The molecule has 1 rings (SSSR count). The molecule has 0 fully saturated rings.